The second-order valence-corrected chi connectivity index (χ2v) is 3.40. The quantitative estimate of drug-likeness (QED) is 0.745. The Morgan fingerprint density at radius 1 is 1.38 bits per heavy atom. The van der Waals surface area contributed by atoms with E-state index in [-0.39, 0.29) is 6.04 Å². The molecule has 1 unspecified atom stereocenters. The highest BCUT2D eigenvalue weighted by atomic mass is 15.2. The lowest BCUT2D eigenvalue weighted by Gasteiger charge is -2.03. The smallest absolute Gasteiger partial charge is 0.153 e. The lowest BCUT2D eigenvalue weighted by Crippen LogP contribution is -2.10. The first-order valence-corrected chi connectivity index (χ1v) is 4.86. The number of hydrogen-bond donors (Lipinski definition) is 2. The first kappa shape index (κ1) is 10.2. The van der Waals surface area contributed by atoms with Crippen LogP contribution in [0.1, 0.15) is 57.2 Å². The van der Waals surface area contributed by atoms with Crippen LogP contribution in [-0.2, 0) is 0 Å². The number of aromatic nitrogens is 3. The van der Waals surface area contributed by atoms with Gasteiger partial charge in [0.1, 0.15) is 5.82 Å². The van der Waals surface area contributed by atoms with Crippen LogP contribution in [0.15, 0.2) is 0 Å². The molecule has 1 aromatic rings. The van der Waals surface area contributed by atoms with E-state index in [4.69, 9.17) is 5.73 Å². The predicted octanol–water partition coefficient (Wildman–Crippen LogP) is 1.73. The van der Waals surface area contributed by atoms with Crippen molar-refractivity contribution < 1.29 is 0 Å². The van der Waals surface area contributed by atoms with Crippen molar-refractivity contribution in [2.75, 3.05) is 0 Å². The topological polar surface area (TPSA) is 67.6 Å². The summed E-state index contributed by atoms with van der Waals surface area (Å²) in [7, 11) is 0. The van der Waals surface area contributed by atoms with Gasteiger partial charge in [-0.1, -0.05) is 20.8 Å². The lowest BCUT2D eigenvalue weighted by atomic mass is 10.1. The van der Waals surface area contributed by atoms with Gasteiger partial charge in [-0.2, -0.15) is 5.10 Å². The molecular formula is C9H18N4. The summed E-state index contributed by atoms with van der Waals surface area (Å²) in [6.45, 7) is 6.28. The van der Waals surface area contributed by atoms with E-state index in [0.717, 1.165) is 24.5 Å². The molecule has 1 aromatic heterocycles. The fraction of sp³-hybridized carbons (Fsp3) is 0.778. The molecule has 0 fully saturated rings. The van der Waals surface area contributed by atoms with Gasteiger partial charge in [-0.05, 0) is 12.8 Å². The molecular weight excluding hydrogens is 164 g/mol. The minimum atomic E-state index is -0.00898. The van der Waals surface area contributed by atoms with Gasteiger partial charge < -0.3 is 5.73 Å². The van der Waals surface area contributed by atoms with Gasteiger partial charge in [0.05, 0.1) is 6.04 Å². The highest BCUT2D eigenvalue weighted by Crippen LogP contribution is 2.16. The van der Waals surface area contributed by atoms with Crippen LogP contribution in [-0.4, -0.2) is 15.2 Å². The van der Waals surface area contributed by atoms with Gasteiger partial charge in [-0.25, -0.2) is 4.98 Å². The van der Waals surface area contributed by atoms with E-state index in [9.17, 15) is 0 Å². The van der Waals surface area contributed by atoms with E-state index in [2.05, 4.69) is 29.0 Å². The van der Waals surface area contributed by atoms with Crippen molar-refractivity contribution in [3.63, 3.8) is 0 Å². The minimum absolute atomic E-state index is 0.00898. The van der Waals surface area contributed by atoms with Crippen molar-refractivity contribution in [1.29, 1.82) is 0 Å². The maximum absolute atomic E-state index is 5.82. The van der Waals surface area contributed by atoms with Crippen LogP contribution in [0.5, 0.6) is 0 Å². The number of nitrogens with zero attached hydrogens (tertiary/aromatic N) is 2. The van der Waals surface area contributed by atoms with Crippen LogP contribution in [0.3, 0.4) is 0 Å². The Bertz CT molecular complexity index is 231. The van der Waals surface area contributed by atoms with Gasteiger partial charge >= 0.3 is 0 Å². The van der Waals surface area contributed by atoms with Crippen LogP contribution < -0.4 is 5.73 Å². The molecule has 0 bridgehead atoms. The number of H-pyrrole nitrogens is 1. The lowest BCUT2D eigenvalue weighted by molar-refractivity contribution is 0.647. The highest BCUT2D eigenvalue weighted by Gasteiger charge is 2.12. The number of aromatic amines is 1. The Morgan fingerprint density at radius 2 is 2.08 bits per heavy atom. The summed E-state index contributed by atoms with van der Waals surface area (Å²) in [6, 6.07) is -0.00898. The van der Waals surface area contributed by atoms with E-state index >= 15 is 0 Å². The van der Waals surface area contributed by atoms with Gasteiger partial charge in [-0.15, -0.1) is 0 Å². The van der Waals surface area contributed by atoms with E-state index < -0.39 is 0 Å². The molecule has 0 aliphatic rings. The molecule has 1 heterocycles. The Kier molecular flexibility index (Phi) is 3.42. The fourth-order valence-electron chi connectivity index (χ4n) is 1.05. The summed E-state index contributed by atoms with van der Waals surface area (Å²) in [6.07, 6.45) is 1.94. The zero-order chi connectivity index (χ0) is 9.84. The number of nitrogens with one attached hydrogen (secondary N) is 1. The van der Waals surface area contributed by atoms with Crippen molar-refractivity contribution in [3.8, 4) is 0 Å². The zero-order valence-electron chi connectivity index (χ0n) is 8.54. The summed E-state index contributed by atoms with van der Waals surface area (Å²) in [5, 5.41) is 7.03. The average molecular weight is 182 g/mol. The molecule has 2 atom stereocenters. The van der Waals surface area contributed by atoms with Crippen molar-refractivity contribution in [2.45, 2.75) is 45.6 Å². The average Bonchev–Trinajstić information content (AvgIpc) is 2.64. The maximum Gasteiger partial charge on any atom is 0.153 e. The van der Waals surface area contributed by atoms with E-state index in [1.165, 1.54) is 0 Å². The van der Waals surface area contributed by atoms with Crippen LogP contribution in [0, 0.1) is 0 Å². The van der Waals surface area contributed by atoms with Crippen LogP contribution in [0.2, 0.25) is 0 Å². The molecule has 0 aliphatic heterocycles. The minimum Gasteiger partial charge on any atom is -0.321 e. The molecule has 0 amide bonds. The monoisotopic (exact) mass is 182 g/mol. The molecule has 4 nitrogen and oxygen atoms in total. The van der Waals surface area contributed by atoms with Crippen molar-refractivity contribution in [2.24, 2.45) is 5.73 Å². The Labute approximate surface area is 78.9 Å². The molecule has 0 spiro atoms. The molecule has 0 aliphatic carbocycles. The van der Waals surface area contributed by atoms with Crippen molar-refractivity contribution in [1.82, 2.24) is 15.2 Å². The number of rotatable bonds is 4. The summed E-state index contributed by atoms with van der Waals surface area (Å²) >= 11 is 0. The first-order valence-electron chi connectivity index (χ1n) is 4.86. The normalized spacial score (nSPS) is 15.7. The van der Waals surface area contributed by atoms with Crippen molar-refractivity contribution in [3.05, 3.63) is 11.6 Å². The fourth-order valence-corrected chi connectivity index (χ4v) is 1.05. The van der Waals surface area contributed by atoms with Crippen molar-refractivity contribution >= 4 is 0 Å². The number of nitrogens with two attached hydrogens (primary N) is 1. The molecule has 3 N–H and O–H groups in total. The maximum atomic E-state index is 5.82. The zero-order valence-corrected chi connectivity index (χ0v) is 8.54. The van der Waals surface area contributed by atoms with Gasteiger partial charge in [0.15, 0.2) is 5.82 Å². The SMILES string of the molecule is CCC(C)c1n[nH]c([C@H](N)CC)n1. The van der Waals surface area contributed by atoms with Gasteiger partial charge in [-0.3, -0.25) is 5.10 Å². The summed E-state index contributed by atoms with van der Waals surface area (Å²) in [4.78, 5) is 4.36. The molecule has 0 aromatic carbocycles. The summed E-state index contributed by atoms with van der Waals surface area (Å²) < 4.78 is 0. The summed E-state index contributed by atoms with van der Waals surface area (Å²) in [5.41, 5.74) is 5.82. The van der Waals surface area contributed by atoms with Crippen LogP contribution in [0.4, 0.5) is 0 Å². The molecule has 0 saturated carbocycles. The second-order valence-electron chi connectivity index (χ2n) is 3.40. The second kappa shape index (κ2) is 4.37. The van der Waals surface area contributed by atoms with Gasteiger partial charge in [0.25, 0.3) is 0 Å². The van der Waals surface area contributed by atoms with Crippen LogP contribution >= 0.6 is 0 Å². The molecule has 74 valence electrons. The van der Waals surface area contributed by atoms with Gasteiger partial charge in [0, 0.05) is 5.92 Å². The van der Waals surface area contributed by atoms with E-state index in [1.807, 2.05) is 6.92 Å². The highest BCUT2D eigenvalue weighted by molar-refractivity contribution is 4.99. The molecule has 1 rings (SSSR count). The third-order valence-electron chi connectivity index (χ3n) is 2.36. The molecule has 0 saturated heterocycles. The molecule has 0 radical (unpaired) electrons. The summed E-state index contributed by atoms with van der Waals surface area (Å²) in [5.74, 6) is 2.09. The van der Waals surface area contributed by atoms with Crippen LogP contribution in [0.25, 0.3) is 0 Å². The Hall–Kier alpha value is -0.900. The molecule has 13 heavy (non-hydrogen) atoms. The third-order valence-corrected chi connectivity index (χ3v) is 2.36. The number of hydrogen-bond acceptors (Lipinski definition) is 3. The Morgan fingerprint density at radius 3 is 2.62 bits per heavy atom. The largest absolute Gasteiger partial charge is 0.321 e. The predicted molar refractivity (Wildman–Crippen MR) is 52.3 cm³/mol. The molecule has 4 heteroatoms. The Balaban J connectivity index is 2.74. The standard InChI is InChI=1S/C9H18N4/c1-4-6(3)8-11-9(13-12-8)7(10)5-2/h6-7H,4-5,10H2,1-3H3,(H,11,12,13)/t6?,7-/m1/s1. The first-order chi connectivity index (χ1) is 6.19. The van der Waals surface area contributed by atoms with E-state index in [0.29, 0.717) is 5.92 Å². The van der Waals surface area contributed by atoms with E-state index in [1.54, 1.807) is 0 Å². The van der Waals surface area contributed by atoms with Gasteiger partial charge in [0.2, 0.25) is 0 Å². The third kappa shape index (κ3) is 2.28.